The van der Waals surface area contributed by atoms with Gasteiger partial charge in [-0.05, 0) is 31.5 Å². The molecule has 1 aromatic rings. The molecule has 0 aromatic carbocycles. The second-order valence-corrected chi connectivity index (χ2v) is 4.80. The second-order valence-electron chi connectivity index (χ2n) is 4.80. The molecule has 0 saturated carbocycles. The van der Waals surface area contributed by atoms with Crippen molar-refractivity contribution in [2.45, 2.75) is 32.9 Å². The Morgan fingerprint density at radius 1 is 1.56 bits per heavy atom. The van der Waals surface area contributed by atoms with E-state index in [-0.39, 0.29) is 0 Å². The molecule has 1 fully saturated rings. The van der Waals surface area contributed by atoms with Crippen LogP contribution in [0, 0.1) is 5.92 Å². The first-order chi connectivity index (χ1) is 7.79. The van der Waals surface area contributed by atoms with Crippen molar-refractivity contribution in [2.75, 3.05) is 19.6 Å². The largest absolute Gasteiger partial charge is 0.472 e. The van der Waals surface area contributed by atoms with Gasteiger partial charge in [0.2, 0.25) is 0 Å². The van der Waals surface area contributed by atoms with E-state index in [1.807, 2.05) is 6.26 Å². The SMILES string of the molecule is CCNC1CCN(Cc2ccoc2)CC1C. The van der Waals surface area contributed by atoms with Crippen LogP contribution in [0.3, 0.4) is 0 Å². The lowest BCUT2D eigenvalue weighted by Gasteiger charge is -2.37. The van der Waals surface area contributed by atoms with Gasteiger partial charge in [-0.2, -0.15) is 0 Å². The van der Waals surface area contributed by atoms with Crippen molar-refractivity contribution in [1.29, 1.82) is 0 Å². The Hall–Kier alpha value is -0.800. The van der Waals surface area contributed by atoms with Gasteiger partial charge in [-0.3, -0.25) is 4.90 Å². The van der Waals surface area contributed by atoms with Gasteiger partial charge in [-0.25, -0.2) is 0 Å². The van der Waals surface area contributed by atoms with Gasteiger partial charge in [0, 0.05) is 24.7 Å². The molecule has 16 heavy (non-hydrogen) atoms. The number of nitrogens with one attached hydrogen (secondary N) is 1. The molecular weight excluding hydrogens is 200 g/mol. The average Bonchev–Trinajstić information content (AvgIpc) is 2.75. The van der Waals surface area contributed by atoms with Crippen molar-refractivity contribution >= 4 is 0 Å². The molecule has 0 spiro atoms. The molecule has 1 aromatic heterocycles. The van der Waals surface area contributed by atoms with E-state index in [1.165, 1.54) is 25.1 Å². The maximum Gasteiger partial charge on any atom is 0.0947 e. The Balaban J connectivity index is 1.82. The van der Waals surface area contributed by atoms with Crippen molar-refractivity contribution in [3.8, 4) is 0 Å². The predicted molar refractivity (Wildman–Crippen MR) is 65.2 cm³/mol. The highest BCUT2D eigenvalue weighted by Gasteiger charge is 2.25. The third-order valence-electron chi connectivity index (χ3n) is 3.44. The average molecular weight is 222 g/mol. The molecule has 0 radical (unpaired) electrons. The topological polar surface area (TPSA) is 28.4 Å². The summed E-state index contributed by atoms with van der Waals surface area (Å²) in [4.78, 5) is 2.52. The molecule has 1 aliphatic heterocycles. The number of furan rings is 1. The van der Waals surface area contributed by atoms with E-state index in [1.54, 1.807) is 6.26 Å². The highest BCUT2D eigenvalue weighted by atomic mass is 16.3. The van der Waals surface area contributed by atoms with Crippen LogP contribution < -0.4 is 5.32 Å². The van der Waals surface area contributed by atoms with E-state index in [0.717, 1.165) is 19.0 Å². The van der Waals surface area contributed by atoms with Gasteiger partial charge in [0.1, 0.15) is 0 Å². The second kappa shape index (κ2) is 5.51. The minimum atomic E-state index is 0.700. The first-order valence-electron chi connectivity index (χ1n) is 6.26. The third kappa shape index (κ3) is 2.86. The zero-order chi connectivity index (χ0) is 11.4. The minimum absolute atomic E-state index is 0.700. The summed E-state index contributed by atoms with van der Waals surface area (Å²) in [6.45, 7) is 9.01. The third-order valence-corrected chi connectivity index (χ3v) is 3.44. The van der Waals surface area contributed by atoms with Gasteiger partial charge in [0.05, 0.1) is 12.5 Å². The van der Waals surface area contributed by atoms with Crippen molar-refractivity contribution in [3.05, 3.63) is 24.2 Å². The van der Waals surface area contributed by atoms with Crippen LogP contribution in [0.25, 0.3) is 0 Å². The number of nitrogens with zero attached hydrogens (tertiary/aromatic N) is 1. The summed E-state index contributed by atoms with van der Waals surface area (Å²) < 4.78 is 5.10. The number of likely N-dealkylation sites (tertiary alicyclic amines) is 1. The van der Waals surface area contributed by atoms with Crippen LogP contribution >= 0.6 is 0 Å². The lowest BCUT2D eigenvalue weighted by molar-refractivity contribution is 0.142. The Morgan fingerprint density at radius 3 is 3.06 bits per heavy atom. The van der Waals surface area contributed by atoms with Gasteiger partial charge in [0.25, 0.3) is 0 Å². The summed E-state index contributed by atoms with van der Waals surface area (Å²) in [5, 5.41) is 3.57. The van der Waals surface area contributed by atoms with Gasteiger partial charge < -0.3 is 9.73 Å². The van der Waals surface area contributed by atoms with Gasteiger partial charge in [-0.1, -0.05) is 13.8 Å². The fraction of sp³-hybridized carbons (Fsp3) is 0.692. The molecule has 90 valence electrons. The summed E-state index contributed by atoms with van der Waals surface area (Å²) in [6.07, 6.45) is 4.86. The van der Waals surface area contributed by atoms with Crippen molar-refractivity contribution in [3.63, 3.8) is 0 Å². The zero-order valence-corrected chi connectivity index (χ0v) is 10.3. The van der Waals surface area contributed by atoms with E-state index >= 15 is 0 Å². The Morgan fingerprint density at radius 2 is 2.44 bits per heavy atom. The Labute approximate surface area is 97.8 Å². The minimum Gasteiger partial charge on any atom is -0.472 e. The zero-order valence-electron chi connectivity index (χ0n) is 10.3. The van der Waals surface area contributed by atoms with E-state index in [4.69, 9.17) is 4.42 Å². The summed E-state index contributed by atoms with van der Waals surface area (Å²) in [5.74, 6) is 0.737. The first kappa shape index (κ1) is 11.7. The molecule has 0 bridgehead atoms. The molecule has 2 rings (SSSR count). The molecule has 3 heteroatoms. The maximum atomic E-state index is 5.10. The molecule has 1 aliphatic rings. The molecule has 1 saturated heterocycles. The molecule has 0 aliphatic carbocycles. The lowest BCUT2D eigenvalue weighted by atomic mass is 9.93. The Kier molecular flexibility index (Phi) is 4.02. The highest BCUT2D eigenvalue weighted by Crippen LogP contribution is 2.18. The van der Waals surface area contributed by atoms with E-state index in [9.17, 15) is 0 Å². The molecule has 0 amide bonds. The van der Waals surface area contributed by atoms with E-state index in [2.05, 4.69) is 30.1 Å². The van der Waals surface area contributed by atoms with E-state index in [0.29, 0.717) is 6.04 Å². The lowest BCUT2D eigenvalue weighted by Crippen LogP contribution is -2.47. The fourth-order valence-electron chi connectivity index (χ4n) is 2.58. The van der Waals surface area contributed by atoms with Crippen molar-refractivity contribution in [1.82, 2.24) is 10.2 Å². The smallest absolute Gasteiger partial charge is 0.0947 e. The van der Waals surface area contributed by atoms with Crippen LogP contribution in [0.4, 0.5) is 0 Å². The summed E-state index contributed by atoms with van der Waals surface area (Å²) in [7, 11) is 0. The standard InChI is InChI=1S/C13H22N2O/c1-3-14-13-4-6-15(8-11(13)2)9-12-5-7-16-10-12/h5,7,10-11,13-14H,3-4,6,8-9H2,1-2H3. The van der Waals surface area contributed by atoms with Gasteiger partial charge >= 0.3 is 0 Å². The first-order valence-corrected chi connectivity index (χ1v) is 6.26. The molecule has 2 unspecified atom stereocenters. The van der Waals surface area contributed by atoms with Crippen molar-refractivity contribution < 1.29 is 4.42 Å². The van der Waals surface area contributed by atoms with Crippen LogP contribution in [0.1, 0.15) is 25.8 Å². The normalized spacial score (nSPS) is 27.1. The summed E-state index contributed by atoms with van der Waals surface area (Å²) in [5.41, 5.74) is 1.29. The van der Waals surface area contributed by atoms with Crippen LogP contribution in [0.15, 0.2) is 23.0 Å². The number of piperidine rings is 1. The highest BCUT2D eigenvalue weighted by molar-refractivity contribution is 5.05. The predicted octanol–water partition coefficient (Wildman–Crippen LogP) is 2.10. The van der Waals surface area contributed by atoms with E-state index < -0.39 is 0 Å². The fourth-order valence-corrected chi connectivity index (χ4v) is 2.58. The monoisotopic (exact) mass is 222 g/mol. The quantitative estimate of drug-likeness (QED) is 0.845. The molecule has 2 heterocycles. The number of hydrogen-bond donors (Lipinski definition) is 1. The van der Waals surface area contributed by atoms with Crippen molar-refractivity contribution in [2.24, 2.45) is 5.92 Å². The number of hydrogen-bond acceptors (Lipinski definition) is 3. The molecule has 1 N–H and O–H groups in total. The number of rotatable bonds is 4. The molecule has 2 atom stereocenters. The van der Waals surface area contributed by atoms with Gasteiger partial charge in [0.15, 0.2) is 0 Å². The summed E-state index contributed by atoms with van der Waals surface area (Å²) in [6, 6.07) is 2.76. The maximum absolute atomic E-state index is 5.10. The van der Waals surface area contributed by atoms with Crippen LogP contribution in [0.2, 0.25) is 0 Å². The van der Waals surface area contributed by atoms with Crippen LogP contribution in [-0.4, -0.2) is 30.6 Å². The summed E-state index contributed by atoms with van der Waals surface area (Å²) >= 11 is 0. The van der Waals surface area contributed by atoms with Crippen LogP contribution in [-0.2, 0) is 6.54 Å². The molecule has 3 nitrogen and oxygen atoms in total. The van der Waals surface area contributed by atoms with Crippen LogP contribution in [0.5, 0.6) is 0 Å². The van der Waals surface area contributed by atoms with Gasteiger partial charge in [-0.15, -0.1) is 0 Å². The molecular formula is C13H22N2O. The Bertz CT molecular complexity index is 297.